The van der Waals surface area contributed by atoms with E-state index in [4.69, 9.17) is 10.6 Å². The molecule has 5 nitrogen and oxygen atoms in total. The molecule has 0 aromatic carbocycles. The number of rotatable bonds is 5. The minimum Gasteiger partial charge on any atom is -0.493 e. The van der Waals surface area contributed by atoms with Crippen molar-refractivity contribution in [3.63, 3.8) is 0 Å². The van der Waals surface area contributed by atoms with Crippen molar-refractivity contribution in [3.05, 3.63) is 11.9 Å². The van der Waals surface area contributed by atoms with Gasteiger partial charge in [0, 0.05) is 19.4 Å². The summed E-state index contributed by atoms with van der Waals surface area (Å²) in [6, 6.07) is -0.219. The van der Waals surface area contributed by atoms with Crippen LogP contribution >= 0.6 is 0 Å². The number of nitrogens with zero attached hydrogens (tertiary/aromatic N) is 2. The van der Waals surface area contributed by atoms with E-state index in [1.165, 1.54) is 0 Å². The van der Waals surface area contributed by atoms with Gasteiger partial charge in [0.15, 0.2) is 5.75 Å². The Morgan fingerprint density at radius 3 is 2.70 bits per heavy atom. The number of aromatic nitrogens is 2. The number of hydrogen-bond acceptors (Lipinski definition) is 4. The van der Waals surface area contributed by atoms with E-state index in [9.17, 15) is 8.78 Å². The molecule has 0 bridgehead atoms. The summed E-state index contributed by atoms with van der Waals surface area (Å²) in [6.45, 7) is 2.65. The lowest BCUT2D eigenvalue weighted by atomic mass is 9.81. The van der Waals surface area contributed by atoms with Crippen LogP contribution in [-0.4, -0.2) is 22.8 Å². The van der Waals surface area contributed by atoms with Crippen LogP contribution in [0.5, 0.6) is 5.75 Å². The molecule has 1 aliphatic carbocycles. The zero-order valence-corrected chi connectivity index (χ0v) is 11.9. The highest BCUT2D eigenvalue weighted by Crippen LogP contribution is 2.42. The Hall–Kier alpha value is -1.21. The normalized spacial score (nSPS) is 20.9. The summed E-state index contributed by atoms with van der Waals surface area (Å²) >= 11 is 0. The van der Waals surface area contributed by atoms with Crippen LogP contribution < -0.4 is 16.0 Å². The summed E-state index contributed by atoms with van der Waals surface area (Å²) in [5.74, 6) is 3.85. The molecule has 1 aromatic heterocycles. The Bertz CT molecular complexity index is 418. The maximum absolute atomic E-state index is 13.3. The summed E-state index contributed by atoms with van der Waals surface area (Å²) in [4.78, 5) is 0. The van der Waals surface area contributed by atoms with Gasteiger partial charge < -0.3 is 4.74 Å². The zero-order chi connectivity index (χ0) is 14.8. The summed E-state index contributed by atoms with van der Waals surface area (Å²) < 4.78 is 33.7. The van der Waals surface area contributed by atoms with Crippen molar-refractivity contribution in [1.29, 1.82) is 0 Å². The second-order valence-electron chi connectivity index (χ2n) is 5.25. The number of ether oxygens (including phenoxy) is 1. The Morgan fingerprint density at radius 2 is 2.20 bits per heavy atom. The Morgan fingerprint density at radius 1 is 1.55 bits per heavy atom. The van der Waals surface area contributed by atoms with E-state index >= 15 is 0 Å². The van der Waals surface area contributed by atoms with E-state index in [-0.39, 0.29) is 24.8 Å². The maximum atomic E-state index is 13.3. The van der Waals surface area contributed by atoms with Gasteiger partial charge >= 0.3 is 0 Å². The van der Waals surface area contributed by atoms with Crippen LogP contribution in [0.25, 0.3) is 0 Å². The largest absolute Gasteiger partial charge is 0.493 e. The number of hydrogen-bond donors (Lipinski definition) is 2. The Kier molecular flexibility index (Phi) is 4.59. The van der Waals surface area contributed by atoms with Crippen LogP contribution in [0.2, 0.25) is 0 Å². The van der Waals surface area contributed by atoms with Gasteiger partial charge in [-0.2, -0.15) is 5.10 Å². The molecule has 1 saturated carbocycles. The number of methoxy groups -OCH3 is 1. The third kappa shape index (κ3) is 2.93. The van der Waals surface area contributed by atoms with E-state index in [1.807, 2.05) is 6.92 Å². The van der Waals surface area contributed by atoms with E-state index in [0.29, 0.717) is 25.1 Å². The number of hydrazine groups is 1. The van der Waals surface area contributed by atoms with Gasteiger partial charge in [0.25, 0.3) is 0 Å². The lowest BCUT2D eigenvalue weighted by Crippen LogP contribution is -2.38. The van der Waals surface area contributed by atoms with Crippen molar-refractivity contribution in [2.75, 3.05) is 7.11 Å². The van der Waals surface area contributed by atoms with E-state index in [2.05, 4.69) is 10.5 Å². The Labute approximate surface area is 117 Å². The fourth-order valence-corrected chi connectivity index (χ4v) is 2.93. The first kappa shape index (κ1) is 15.2. The minimum absolute atomic E-state index is 0.0653. The van der Waals surface area contributed by atoms with Crippen molar-refractivity contribution in [2.45, 2.75) is 51.1 Å². The molecule has 1 unspecified atom stereocenters. The molecule has 0 spiro atoms. The summed E-state index contributed by atoms with van der Waals surface area (Å²) in [6.07, 6.45) is 2.36. The smallest absolute Gasteiger partial charge is 0.248 e. The number of alkyl halides is 2. The highest BCUT2D eigenvalue weighted by atomic mass is 19.3. The highest BCUT2D eigenvalue weighted by molar-refractivity contribution is 5.29. The predicted molar refractivity (Wildman–Crippen MR) is 71.4 cm³/mol. The molecular weight excluding hydrogens is 266 g/mol. The maximum Gasteiger partial charge on any atom is 0.248 e. The van der Waals surface area contributed by atoms with Crippen LogP contribution in [0.3, 0.4) is 0 Å². The molecule has 2 rings (SSSR count). The fraction of sp³-hybridized carbons (Fsp3) is 0.769. The van der Waals surface area contributed by atoms with Gasteiger partial charge in [-0.3, -0.25) is 16.0 Å². The second kappa shape index (κ2) is 6.05. The molecule has 1 fully saturated rings. The first-order valence-electron chi connectivity index (χ1n) is 6.96. The first-order valence-corrected chi connectivity index (χ1v) is 6.96. The average molecular weight is 288 g/mol. The second-order valence-corrected chi connectivity index (χ2v) is 5.25. The number of nitrogens with two attached hydrogens (primary N) is 1. The summed E-state index contributed by atoms with van der Waals surface area (Å²) in [5, 5.41) is 4.25. The van der Waals surface area contributed by atoms with Gasteiger partial charge in [0.2, 0.25) is 5.92 Å². The molecule has 3 N–H and O–H groups in total. The van der Waals surface area contributed by atoms with Crippen molar-refractivity contribution < 1.29 is 13.5 Å². The lowest BCUT2D eigenvalue weighted by Gasteiger charge is -2.33. The molecule has 1 aliphatic rings. The van der Waals surface area contributed by atoms with Gasteiger partial charge in [-0.15, -0.1) is 0 Å². The Balaban J connectivity index is 2.22. The fourth-order valence-electron chi connectivity index (χ4n) is 2.93. The van der Waals surface area contributed by atoms with Crippen LogP contribution in [0.1, 0.15) is 44.3 Å². The van der Waals surface area contributed by atoms with Crippen molar-refractivity contribution in [2.24, 2.45) is 11.8 Å². The number of nitrogens with one attached hydrogen (secondary N) is 1. The molecule has 20 heavy (non-hydrogen) atoms. The molecule has 1 heterocycles. The quantitative estimate of drug-likeness (QED) is 0.644. The van der Waals surface area contributed by atoms with Crippen LogP contribution in [0.15, 0.2) is 6.20 Å². The van der Waals surface area contributed by atoms with Gasteiger partial charge in [0.1, 0.15) is 0 Å². The molecular formula is C13H22F2N4O. The van der Waals surface area contributed by atoms with Gasteiger partial charge in [0.05, 0.1) is 25.0 Å². The van der Waals surface area contributed by atoms with Crippen molar-refractivity contribution in [3.8, 4) is 5.75 Å². The molecule has 0 amide bonds. The van der Waals surface area contributed by atoms with Gasteiger partial charge in [-0.1, -0.05) is 0 Å². The summed E-state index contributed by atoms with van der Waals surface area (Å²) in [7, 11) is 1.57. The van der Waals surface area contributed by atoms with Crippen LogP contribution in [0.4, 0.5) is 8.78 Å². The van der Waals surface area contributed by atoms with E-state index < -0.39 is 5.92 Å². The van der Waals surface area contributed by atoms with E-state index in [1.54, 1.807) is 18.0 Å². The number of halogens is 2. The van der Waals surface area contributed by atoms with Crippen molar-refractivity contribution >= 4 is 0 Å². The SMILES string of the molecule is CCn1ncc(OC)c1C(NN)C1CCC(F)(F)CC1. The third-order valence-corrected chi connectivity index (χ3v) is 4.07. The van der Waals surface area contributed by atoms with Crippen LogP contribution in [-0.2, 0) is 6.54 Å². The molecule has 0 radical (unpaired) electrons. The predicted octanol–water partition coefficient (Wildman–Crippen LogP) is 2.24. The van der Waals surface area contributed by atoms with Crippen molar-refractivity contribution in [1.82, 2.24) is 15.2 Å². The zero-order valence-electron chi connectivity index (χ0n) is 11.9. The molecule has 1 aromatic rings. The number of aryl methyl sites for hydroxylation is 1. The van der Waals surface area contributed by atoms with Gasteiger partial charge in [-0.25, -0.2) is 8.78 Å². The third-order valence-electron chi connectivity index (χ3n) is 4.07. The molecule has 0 aliphatic heterocycles. The molecule has 7 heteroatoms. The molecule has 114 valence electrons. The minimum atomic E-state index is -2.54. The standard InChI is InChI=1S/C13H22F2N4O/c1-3-19-12(10(20-2)8-17-19)11(18-16)9-4-6-13(14,15)7-5-9/h8-9,11,18H,3-7,16H2,1-2H3. The highest BCUT2D eigenvalue weighted by Gasteiger charge is 2.39. The average Bonchev–Trinajstić information content (AvgIpc) is 2.84. The lowest BCUT2D eigenvalue weighted by molar-refractivity contribution is -0.0501. The summed E-state index contributed by atoms with van der Waals surface area (Å²) in [5.41, 5.74) is 3.61. The van der Waals surface area contributed by atoms with Gasteiger partial charge in [-0.05, 0) is 25.7 Å². The topological polar surface area (TPSA) is 65.1 Å². The van der Waals surface area contributed by atoms with Crippen LogP contribution in [0, 0.1) is 5.92 Å². The monoisotopic (exact) mass is 288 g/mol. The first-order chi connectivity index (χ1) is 9.52. The molecule has 1 atom stereocenters. The molecule has 0 saturated heterocycles. The van der Waals surface area contributed by atoms with E-state index in [0.717, 1.165) is 5.69 Å².